The van der Waals surface area contributed by atoms with Gasteiger partial charge in [-0.25, -0.2) is 0 Å². The van der Waals surface area contributed by atoms with E-state index in [1.807, 2.05) is 0 Å². The Bertz CT molecular complexity index is 155. The Morgan fingerprint density at radius 2 is 2.00 bits per heavy atom. The van der Waals surface area contributed by atoms with Crippen molar-refractivity contribution in [3.8, 4) is 0 Å². The van der Waals surface area contributed by atoms with E-state index in [0.717, 1.165) is 50.6 Å². The molecule has 2 heteroatoms. The fraction of sp³-hybridized carbons (Fsp3) is 0.909. The summed E-state index contributed by atoms with van der Waals surface area (Å²) in [6.45, 7) is 6.64. The Labute approximate surface area is 81.1 Å². The Balaban J connectivity index is 2.05. The van der Waals surface area contributed by atoms with Crippen molar-refractivity contribution >= 4 is 5.78 Å². The molecule has 2 nitrogen and oxygen atoms in total. The van der Waals surface area contributed by atoms with Gasteiger partial charge in [0, 0.05) is 12.8 Å². The summed E-state index contributed by atoms with van der Waals surface area (Å²) in [6.07, 6.45) is 3.83. The molecule has 0 atom stereocenters. The van der Waals surface area contributed by atoms with Crippen molar-refractivity contribution in [2.45, 2.75) is 39.5 Å². The predicted octanol–water partition coefficient (Wildman–Crippen LogP) is 1.99. The van der Waals surface area contributed by atoms with Crippen molar-refractivity contribution in [2.24, 2.45) is 11.8 Å². The van der Waals surface area contributed by atoms with Crippen LogP contribution < -0.4 is 5.32 Å². The van der Waals surface area contributed by atoms with Crippen molar-refractivity contribution in [2.75, 3.05) is 13.1 Å². The molecule has 76 valence electrons. The maximum Gasteiger partial charge on any atom is 0.132 e. The van der Waals surface area contributed by atoms with Gasteiger partial charge in [-0.1, -0.05) is 13.8 Å². The Morgan fingerprint density at radius 1 is 1.38 bits per heavy atom. The van der Waals surface area contributed by atoms with Crippen molar-refractivity contribution < 1.29 is 4.79 Å². The molecule has 1 aliphatic rings. The smallest absolute Gasteiger partial charge is 0.132 e. The molecule has 13 heavy (non-hydrogen) atoms. The van der Waals surface area contributed by atoms with Crippen molar-refractivity contribution in [1.82, 2.24) is 5.32 Å². The van der Waals surface area contributed by atoms with E-state index in [9.17, 15) is 4.79 Å². The lowest BCUT2D eigenvalue weighted by Crippen LogP contribution is -2.29. The van der Waals surface area contributed by atoms with Crippen LogP contribution in [0.3, 0.4) is 0 Å². The van der Waals surface area contributed by atoms with Gasteiger partial charge in [-0.2, -0.15) is 0 Å². The van der Waals surface area contributed by atoms with Gasteiger partial charge in [0.25, 0.3) is 0 Å². The summed E-state index contributed by atoms with van der Waals surface area (Å²) in [5, 5.41) is 3.46. The van der Waals surface area contributed by atoms with Gasteiger partial charge in [0.15, 0.2) is 0 Å². The van der Waals surface area contributed by atoms with E-state index in [2.05, 4.69) is 19.2 Å². The molecule has 0 bridgehead atoms. The summed E-state index contributed by atoms with van der Waals surface area (Å²) in [7, 11) is 0. The Hall–Kier alpha value is -0.370. The highest BCUT2D eigenvalue weighted by molar-refractivity contribution is 5.79. The van der Waals surface area contributed by atoms with E-state index in [1.54, 1.807) is 0 Å². The molecule has 0 radical (unpaired) electrons. The van der Waals surface area contributed by atoms with E-state index in [1.165, 1.54) is 0 Å². The van der Waals surface area contributed by atoms with Crippen LogP contribution in [0.15, 0.2) is 0 Å². The molecule has 0 aromatic rings. The molecule has 1 rings (SSSR count). The second kappa shape index (κ2) is 5.38. The lowest BCUT2D eigenvalue weighted by Gasteiger charge is -2.21. The highest BCUT2D eigenvalue weighted by atomic mass is 16.1. The summed E-state index contributed by atoms with van der Waals surface area (Å²) in [5.41, 5.74) is 0. The number of hydrogen-bond acceptors (Lipinski definition) is 2. The molecule has 1 aliphatic carbocycles. The topological polar surface area (TPSA) is 29.1 Å². The standard InChI is InChI=1S/C11H21NO/c1-9(2)7-12-8-10-3-5-11(13)6-4-10/h9-10,12H,3-8H2,1-2H3. The first-order valence-corrected chi connectivity index (χ1v) is 5.41. The molecule has 0 heterocycles. The van der Waals surface area contributed by atoms with Crippen LogP contribution in [0.2, 0.25) is 0 Å². The van der Waals surface area contributed by atoms with Gasteiger partial charge in [0.1, 0.15) is 5.78 Å². The first-order valence-electron chi connectivity index (χ1n) is 5.41. The summed E-state index contributed by atoms with van der Waals surface area (Å²) in [6, 6.07) is 0. The fourth-order valence-corrected chi connectivity index (χ4v) is 1.78. The van der Waals surface area contributed by atoms with Crippen molar-refractivity contribution in [3.63, 3.8) is 0 Å². The maximum absolute atomic E-state index is 11.0. The van der Waals surface area contributed by atoms with Crippen molar-refractivity contribution in [3.05, 3.63) is 0 Å². The third-order valence-corrected chi connectivity index (χ3v) is 2.65. The highest BCUT2D eigenvalue weighted by Crippen LogP contribution is 2.20. The fourth-order valence-electron chi connectivity index (χ4n) is 1.78. The molecule has 1 N–H and O–H groups in total. The van der Waals surface area contributed by atoms with Crippen molar-refractivity contribution in [1.29, 1.82) is 0 Å². The number of hydrogen-bond donors (Lipinski definition) is 1. The van der Waals surface area contributed by atoms with E-state index in [4.69, 9.17) is 0 Å². The lowest BCUT2D eigenvalue weighted by atomic mass is 9.88. The van der Waals surface area contributed by atoms with Crippen LogP contribution in [0.5, 0.6) is 0 Å². The minimum absolute atomic E-state index is 0.458. The number of ketones is 1. The molecule has 0 unspecified atom stereocenters. The van der Waals surface area contributed by atoms with Gasteiger partial charge < -0.3 is 5.32 Å². The third-order valence-electron chi connectivity index (χ3n) is 2.65. The van der Waals surface area contributed by atoms with Crippen LogP contribution >= 0.6 is 0 Å². The molecular formula is C11H21NO. The van der Waals surface area contributed by atoms with Gasteiger partial charge in [0.05, 0.1) is 0 Å². The van der Waals surface area contributed by atoms with Gasteiger partial charge in [-0.3, -0.25) is 4.79 Å². The molecule has 1 fully saturated rings. The number of Topliss-reactive ketones (excluding diaryl/α,β-unsaturated/α-hetero) is 1. The van der Waals surface area contributed by atoms with Gasteiger partial charge in [0.2, 0.25) is 0 Å². The minimum atomic E-state index is 0.458. The molecule has 0 saturated heterocycles. The summed E-state index contributed by atoms with van der Waals surface area (Å²) in [4.78, 5) is 11.0. The van der Waals surface area contributed by atoms with Gasteiger partial charge >= 0.3 is 0 Å². The van der Waals surface area contributed by atoms with Crippen LogP contribution in [-0.4, -0.2) is 18.9 Å². The Kier molecular flexibility index (Phi) is 4.43. The number of nitrogens with one attached hydrogen (secondary N) is 1. The summed E-state index contributed by atoms with van der Waals surface area (Å²) < 4.78 is 0. The highest BCUT2D eigenvalue weighted by Gasteiger charge is 2.17. The SMILES string of the molecule is CC(C)CNCC1CCC(=O)CC1. The predicted molar refractivity (Wildman–Crippen MR) is 54.7 cm³/mol. The zero-order chi connectivity index (χ0) is 9.68. The Morgan fingerprint density at radius 3 is 2.54 bits per heavy atom. The van der Waals surface area contributed by atoms with E-state index < -0.39 is 0 Å². The molecule has 0 amide bonds. The average molecular weight is 183 g/mol. The van der Waals surface area contributed by atoms with E-state index >= 15 is 0 Å². The zero-order valence-corrected chi connectivity index (χ0v) is 8.81. The molecule has 0 spiro atoms. The molecular weight excluding hydrogens is 162 g/mol. The third kappa shape index (κ3) is 4.41. The first-order chi connectivity index (χ1) is 6.18. The summed E-state index contributed by atoms with van der Waals surface area (Å²) >= 11 is 0. The second-order valence-corrected chi connectivity index (χ2v) is 4.53. The number of carbonyl (C=O) groups is 1. The molecule has 0 aromatic carbocycles. The van der Waals surface area contributed by atoms with Crippen LogP contribution in [0.25, 0.3) is 0 Å². The molecule has 0 aliphatic heterocycles. The second-order valence-electron chi connectivity index (χ2n) is 4.53. The van der Waals surface area contributed by atoms with Gasteiger partial charge in [-0.05, 0) is 37.8 Å². The number of rotatable bonds is 4. The quantitative estimate of drug-likeness (QED) is 0.722. The average Bonchev–Trinajstić information content (AvgIpc) is 2.08. The van der Waals surface area contributed by atoms with Crippen LogP contribution in [0.1, 0.15) is 39.5 Å². The van der Waals surface area contributed by atoms with Crippen LogP contribution in [-0.2, 0) is 4.79 Å². The normalized spacial score (nSPS) is 19.8. The monoisotopic (exact) mass is 183 g/mol. The zero-order valence-electron chi connectivity index (χ0n) is 8.81. The largest absolute Gasteiger partial charge is 0.316 e. The number of carbonyl (C=O) groups excluding carboxylic acids is 1. The van der Waals surface area contributed by atoms with Gasteiger partial charge in [-0.15, -0.1) is 0 Å². The van der Waals surface area contributed by atoms with Crippen LogP contribution in [0, 0.1) is 11.8 Å². The first kappa shape index (κ1) is 10.7. The van der Waals surface area contributed by atoms with E-state index in [0.29, 0.717) is 5.78 Å². The summed E-state index contributed by atoms with van der Waals surface area (Å²) in [5.74, 6) is 1.93. The maximum atomic E-state index is 11.0. The molecule has 1 saturated carbocycles. The van der Waals surface area contributed by atoms with E-state index in [-0.39, 0.29) is 0 Å². The minimum Gasteiger partial charge on any atom is -0.316 e. The van der Waals surface area contributed by atoms with Crippen LogP contribution in [0.4, 0.5) is 0 Å². The molecule has 0 aromatic heterocycles. The lowest BCUT2D eigenvalue weighted by molar-refractivity contribution is -0.120.